The normalized spacial score (nSPS) is 16.9. The first kappa shape index (κ1) is 30.5. The number of carbonyl (C=O) groups excluding carboxylic acids is 2. The van der Waals surface area contributed by atoms with Crippen LogP contribution < -0.4 is 25.4 Å². The third-order valence-electron chi connectivity index (χ3n) is 7.04. The SMILES string of the molecule is CS(=O)NC(=O)C1(CNC(=O)c2ccc(Nc3nc(NC4(c5ccc(Cl)cc5)CC4)nc(OCC(F)(F)F)n3)cc2)CC1. The van der Waals surface area contributed by atoms with E-state index in [1.54, 1.807) is 24.3 Å². The third kappa shape index (κ3) is 7.90. The Labute approximate surface area is 252 Å². The summed E-state index contributed by atoms with van der Waals surface area (Å²) in [6, 6.07) is 12.9. The molecule has 11 nitrogen and oxygen atoms in total. The highest BCUT2D eigenvalue weighted by atomic mass is 35.5. The molecule has 4 N–H and O–H groups in total. The Morgan fingerprint density at radius 2 is 1.63 bits per heavy atom. The Kier molecular flexibility index (Phi) is 8.47. The molecule has 2 aromatic carbocycles. The van der Waals surface area contributed by atoms with Gasteiger partial charge in [0, 0.05) is 29.1 Å². The minimum absolute atomic E-state index is 0.0167. The van der Waals surface area contributed by atoms with Gasteiger partial charge in [0.15, 0.2) is 6.61 Å². The maximum atomic E-state index is 12.8. The number of rotatable bonds is 12. The molecule has 2 amide bonds. The van der Waals surface area contributed by atoms with Crippen LogP contribution in [-0.4, -0.2) is 56.6 Å². The van der Waals surface area contributed by atoms with Crippen molar-refractivity contribution in [2.24, 2.45) is 5.41 Å². The van der Waals surface area contributed by atoms with Crippen LogP contribution in [0.3, 0.4) is 0 Å². The Balaban J connectivity index is 1.27. The quantitative estimate of drug-likeness (QED) is 0.229. The van der Waals surface area contributed by atoms with Gasteiger partial charge in [0.25, 0.3) is 5.91 Å². The van der Waals surface area contributed by atoms with Gasteiger partial charge in [-0.1, -0.05) is 23.7 Å². The fourth-order valence-corrected chi connectivity index (χ4v) is 4.94. The Bertz CT molecular complexity index is 1530. The first-order chi connectivity index (χ1) is 20.3. The molecule has 1 heterocycles. The van der Waals surface area contributed by atoms with Crippen molar-refractivity contribution in [2.75, 3.05) is 30.0 Å². The maximum absolute atomic E-state index is 12.8. The minimum atomic E-state index is -4.59. The van der Waals surface area contributed by atoms with Crippen LogP contribution in [0.25, 0.3) is 0 Å². The summed E-state index contributed by atoms with van der Waals surface area (Å²) in [7, 11) is -1.49. The lowest BCUT2D eigenvalue weighted by molar-refractivity contribution is -0.154. The zero-order valence-electron chi connectivity index (χ0n) is 22.8. The molecule has 2 aliphatic rings. The second-order valence-corrected chi connectivity index (χ2v) is 12.0. The summed E-state index contributed by atoms with van der Waals surface area (Å²) in [5.74, 6) is -0.828. The highest BCUT2D eigenvalue weighted by Gasteiger charge is 2.50. The molecule has 0 bridgehead atoms. The summed E-state index contributed by atoms with van der Waals surface area (Å²) in [5.41, 5.74) is 0.412. The fraction of sp³-hybridized carbons (Fsp3) is 0.370. The van der Waals surface area contributed by atoms with Crippen molar-refractivity contribution in [3.05, 3.63) is 64.7 Å². The van der Waals surface area contributed by atoms with Crippen molar-refractivity contribution in [3.63, 3.8) is 0 Å². The van der Waals surface area contributed by atoms with Gasteiger partial charge in [-0.25, -0.2) is 4.21 Å². The first-order valence-electron chi connectivity index (χ1n) is 13.1. The van der Waals surface area contributed by atoms with E-state index in [-0.39, 0.29) is 24.3 Å². The van der Waals surface area contributed by atoms with Gasteiger partial charge in [-0.15, -0.1) is 0 Å². The van der Waals surface area contributed by atoms with Crippen LogP contribution in [-0.2, 0) is 21.3 Å². The van der Waals surface area contributed by atoms with E-state index >= 15 is 0 Å². The number of amides is 2. The van der Waals surface area contributed by atoms with Gasteiger partial charge >= 0.3 is 12.2 Å². The second-order valence-electron chi connectivity index (χ2n) is 10.4. The molecule has 3 aromatic rings. The van der Waals surface area contributed by atoms with Crippen molar-refractivity contribution in [1.29, 1.82) is 0 Å². The van der Waals surface area contributed by atoms with E-state index < -0.39 is 46.6 Å². The summed E-state index contributed by atoms with van der Waals surface area (Å²) in [6.45, 7) is -1.48. The largest absolute Gasteiger partial charge is 0.454 e. The number of alkyl halides is 3. The molecule has 0 spiro atoms. The van der Waals surface area contributed by atoms with Crippen LogP contribution in [0, 0.1) is 5.41 Å². The molecule has 43 heavy (non-hydrogen) atoms. The number of carbonyl (C=O) groups is 2. The molecule has 16 heteroatoms. The van der Waals surface area contributed by atoms with Crippen molar-refractivity contribution in [2.45, 2.75) is 37.4 Å². The minimum Gasteiger partial charge on any atom is -0.454 e. The molecule has 2 aliphatic carbocycles. The van der Waals surface area contributed by atoms with Gasteiger partial charge in [-0.05, 0) is 67.6 Å². The monoisotopic (exact) mass is 637 g/mol. The lowest BCUT2D eigenvalue weighted by Crippen LogP contribution is -2.40. The van der Waals surface area contributed by atoms with E-state index in [0.717, 1.165) is 18.4 Å². The van der Waals surface area contributed by atoms with Crippen LogP contribution in [0.2, 0.25) is 5.02 Å². The van der Waals surface area contributed by atoms with Crippen LogP contribution in [0.4, 0.5) is 30.8 Å². The number of anilines is 3. The van der Waals surface area contributed by atoms with Gasteiger partial charge in [0.05, 0.1) is 11.0 Å². The van der Waals surface area contributed by atoms with Crippen LogP contribution >= 0.6 is 11.6 Å². The van der Waals surface area contributed by atoms with Gasteiger partial charge in [-0.2, -0.15) is 28.1 Å². The van der Waals surface area contributed by atoms with E-state index in [9.17, 15) is 27.0 Å². The average Bonchev–Trinajstić information content (AvgIpc) is 3.88. The smallest absolute Gasteiger partial charge is 0.422 e. The van der Waals surface area contributed by atoms with E-state index in [1.165, 1.54) is 18.4 Å². The van der Waals surface area contributed by atoms with Crippen molar-refractivity contribution >= 4 is 52.0 Å². The van der Waals surface area contributed by atoms with Crippen LogP contribution in [0.15, 0.2) is 48.5 Å². The Morgan fingerprint density at radius 1 is 0.977 bits per heavy atom. The molecule has 0 radical (unpaired) electrons. The van der Waals surface area contributed by atoms with E-state index in [2.05, 4.69) is 35.6 Å². The lowest BCUT2D eigenvalue weighted by Gasteiger charge is -2.19. The van der Waals surface area contributed by atoms with E-state index in [1.807, 2.05) is 12.1 Å². The number of halogens is 4. The lowest BCUT2D eigenvalue weighted by atomic mass is 10.1. The molecular formula is C27H27ClF3N7O4S. The third-order valence-corrected chi connectivity index (χ3v) is 7.76. The summed E-state index contributed by atoms with van der Waals surface area (Å²) in [4.78, 5) is 37.3. The highest BCUT2D eigenvalue weighted by molar-refractivity contribution is 7.82. The molecule has 1 unspecified atom stereocenters. The zero-order chi connectivity index (χ0) is 30.8. The highest BCUT2D eigenvalue weighted by Crippen LogP contribution is 2.48. The average molecular weight is 638 g/mol. The molecule has 228 valence electrons. The predicted octanol–water partition coefficient (Wildman–Crippen LogP) is 4.23. The molecule has 0 saturated heterocycles. The second kappa shape index (κ2) is 12.0. The number of nitrogens with zero attached hydrogens (tertiary/aromatic N) is 3. The molecule has 2 saturated carbocycles. The molecule has 0 aliphatic heterocycles. The van der Waals surface area contributed by atoms with Crippen LogP contribution in [0.5, 0.6) is 6.01 Å². The standard InChI is InChI=1S/C27H27ClF3N7O4S/c1-43(41)38-21(40)25(10-11-25)14-32-20(39)16-2-8-19(9-3-16)33-22-34-23(36-24(35-22)42-15-27(29,30)31)37-26(12-13-26)17-4-6-18(28)7-5-17/h2-9H,10-15H2,1H3,(H,32,39)(H,38,40)(H2,33,34,35,36,37). The number of benzene rings is 2. The fourth-order valence-electron chi connectivity index (χ4n) is 4.33. The van der Waals surface area contributed by atoms with Crippen molar-refractivity contribution in [1.82, 2.24) is 25.0 Å². The summed E-state index contributed by atoms with van der Waals surface area (Å²) < 4.78 is 57.0. The van der Waals surface area contributed by atoms with Gasteiger partial charge in [0.2, 0.25) is 17.8 Å². The molecule has 1 atom stereocenters. The van der Waals surface area contributed by atoms with Gasteiger partial charge < -0.3 is 20.7 Å². The molecule has 1 aromatic heterocycles. The maximum Gasteiger partial charge on any atom is 0.422 e. The number of nitrogens with one attached hydrogen (secondary N) is 4. The summed E-state index contributed by atoms with van der Waals surface area (Å²) in [6.07, 6.45) is -0.583. The van der Waals surface area contributed by atoms with Crippen molar-refractivity contribution < 1.29 is 31.7 Å². The van der Waals surface area contributed by atoms with E-state index in [4.69, 9.17) is 16.3 Å². The molecular weight excluding hydrogens is 611 g/mol. The Morgan fingerprint density at radius 3 is 2.21 bits per heavy atom. The first-order valence-corrected chi connectivity index (χ1v) is 15.1. The van der Waals surface area contributed by atoms with Gasteiger partial charge in [-0.3, -0.25) is 14.3 Å². The van der Waals surface area contributed by atoms with E-state index in [0.29, 0.717) is 29.1 Å². The number of hydrogen-bond donors (Lipinski definition) is 4. The van der Waals surface area contributed by atoms with Crippen molar-refractivity contribution in [3.8, 4) is 6.01 Å². The Hall–Kier alpha value is -3.98. The predicted molar refractivity (Wildman–Crippen MR) is 153 cm³/mol. The number of hydrogen-bond acceptors (Lipinski definition) is 9. The summed E-state index contributed by atoms with van der Waals surface area (Å²) in [5, 5.41) is 9.41. The number of aromatic nitrogens is 3. The molecule has 5 rings (SSSR count). The van der Waals surface area contributed by atoms with Crippen LogP contribution in [0.1, 0.15) is 41.6 Å². The van der Waals surface area contributed by atoms with Gasteiger partial charge in [0.1, 0.15) is 11.0 Å². The summed E-state index contributed by atoms with van der Waals surface area (Å²) >= 11 is 6.01. The number of ether oxygens (including phenoxy) is 1. The zero-order valence-corrected chi connectivity index (χ0v) is 24.3. The molecule has 2 fully saturated rings. The topological polar surface area (TPSA) is 147 Å².